The zero-order chi connectivity index (χ0) is 13.4. The second-order valence-corrected chi connectivity index (χ2v) is 6.51. The Labute approximate surface area is 116 Å². The second kappa shape index (κ2) is 8.31. The Morgan fingerprint density at radius 1 is 1.00 bits per heavy atom. The van der Waals surface area contributed by atoms with Crippen LogP contribution in [-0.2, 0) is 0 Å². The highest BCUT2D eigenvalue weighted by atomic mass is 32.1. The van der Waals surface area contributed by atoms with Crippen LogP contribution in [0.1, 0.15) is 51.3 Å². The van der Waals surface area contributed by atoms with Crippen LogP contribution < -0.4 is 0 Å². The predicted octanol–water partition coefficient (Wildman–Crippen LogP) is 6.04. The van der Waals surface area contributed by atoms with Crippen LogP contribution in [0.15, 0.2) is 41.8 Å². The normalized spacial score (nSPS) is 12.8. The molecule has 0 saturated heterocycles. The summed E-state index contributed by atoms with van der Waals surface area (Å²) in [7, 11) is 0. The maximum absolute atomic E-state index is 2.35. The number of thiophene rings is 1. The quantitative estimate of drug-likeness (QED) is 0.526. The molecule has 0 saturated carbocycles. The maximum Gasteiger partial charge on any atom is 0.00823 e. The van der Waals surface area contributed by atoms with Crippen molar-refractivity contribution in [2.24, 2.45) is 11.8 Å². The van der Waals surface area contributed by atoms with Crippen molar-refractivity contribution in [1.29, 1.82) is 0 Å². The fourth-order valence-electron chi connectivity index (χ4n) is 1.88. The summed E-state index contributed by atoms with van der Waals surface area (Å²) in [6.45, 7) is 8.93. The van der Waals surface area contributed by atoms with Gasteiger partial charge in [-0.1, -0.05) is 58.1 Å². The number of allylic oxidation sites excluding steroid dienone is 4. The highest BCUT2D eigenvalue weighted by molar-refractivity contribution is 7.10. The average molecular weight is 262 g/mol. The summed E-state index contributed by atoms with van der Waals surface area (Å²) < 4.78 is 0. The Morgan fingerprint density at radius 3 is 1.94 bits per heavy atom. The van der Waals surface area contributed by atoms with Gasteiger partial charge in [0.2, 0.25) is 0 Å². The number of hydrogen-bond donors (Lipinski definition) is 0. The van der Waals surface area contributed by atoms with E-state index in [1.54, 1.807) is 0 Å². The van der Waals surface area contributed by atoms with Crippen molar-refractivity contribution >= 4 is 11.3 Å². The molecule has 0 aliphatic rings. The molecule has 18 heavy (non-hydrogen) atoms. The van der Waals surface area contributed by atoms with E-state index in [9.17, 15) is 0 Å². The average Bonchev–Trinajstić information content (AvgIpc) is 2.79. The fourth-order valence-corrected chi connectivity index (χ4v) is 2.74. The Kier molecular flexibility index (Phi) is 7.04. The topological polar surface area (TPSA) is 0 Å². The van der Waals surface area contributed by atoms with Crippen LogP contribution >= 0.6 is 11.3 Å². The van der Waals surface area contributed by atoms with Crippen LogP contribution in [0.5, 0.6) is 0 Å². The minimum atomic E-state index is 0.648. The van der Waals surface area contributed by atoms with Gasteiger partial charge in [0.15, 0.2) is 0 Å². The lowest BCUT2D eigenvalue weighted by Gasteiger charge is -2.11. The molecule has 1 aromatic rings. The van der Waals surface area contributed by atoms with Gasteiger partial charge in [0, 0.05) is 10.8 Å². The van der Waals surface area contributed by atoms with Crippen molar-refractivity contribution in [2.75, 3.05) is 0 Å². The Morgan fingerprint density at radius 2 is 1.56 bits per heavy atom. The third-order valence-electron chi connectivity index (χ3n) is 2.83. The van der Waals surface area contributed by atoms with Crippen LogP contribution in [0, 0.1) is 11.8 Å². The molecule has 100 valence electrons. The monoisotopic (exact) mass is 262 g/mol. The van der Waals surface area contributed by atoms with E-state index < -0.39 is 0 Å². The third-order valence-corrected chi connectivity index (χ3v) is 3.86. The van der Waals surface area contributed by atoms with Crippen molar-refractivity contribution in [2.45, 2.75) is 46.5 Å². The first-order valence-electron chi connectivity index (χ1n) is 6.96. The van der Waals surface area contributed by atoms with E-state index in [1.807, 2.05) is 11.3 Å². The summed E-state index contributed by atoms with van der Waals surface area (Å²) in [5.74, 6) is 1.95. The van der Waals surface area contributed by atoms with E-state index in [0.717, 1.165) is 12.8 Å². The van der Waals surface area contributed by atoms with E-state index in [1.165, 1.54) is 4.88 Å². The van der Waals surface area contributed by atoms with E-state index in [0.29, 0.717) is 17.8 Å². The molecule has 0 N–H and O–H groups in total. The van der Waals surface area contributed by atoms with Crippen molar-refractivity contribution in [1.82, 2.24) is 0 Å². The van der Waals surface area contributed by atoms with Crippen molar-refractivity contribution < 1.29 is 0 Å². The molecule has 0 unspecified atom stereocenters. The van der Waals surface area contributed by atoms with Gasteiger partial charge in [-0.25, -0.2) is 0 Å². The van der Waals surface area contributed by atoms with Crippen LogP contribution in [0.4, 0.5) is 0 Å². The van der Waals surface area contributed by atoms with E-state index in [2.05, 4.69) is 69.5 Å². The summed E-state index contributed by atoms with van der Waals surface area (Å²) in [5.41, 5.74) is 0. The van der Waals surface area contributed by atoms with Gasteiger partial charge >= 0.3 is 0 Å². The SMILES string of the molecule is CC(C)/C=C/CC(C/C=C/C(C)C)c1cccs1. The molecule has 0 nitrogen and oxygen atoms in total. The summed E-state index contributed by atoms with van der Waals surface area (Å²) in [6.07, 6.45) is 11.6. The molecule has 1 heterocycles. The van der Waals surface area contributed by atoms with Crippen LogP contribution in [0.3, 0.4) is 0 Å². The number of hydrogen-bond acceptors (Lipinski definition) is 1. The molecule has 0 aromatic carbocycles. The van der Waals surface area contributed by atoms with Crippen molar-refractivity contribution in [3.05, 3.63) is 46.7 Å². The fraction of sp³-hybridized carbons (Fsp3) is 0.529. The summed E-state index contributed by atoms with van der Waals surface area (Å²) >= 11 is 1.88. The zero-order valence-corrected chi connectivity index (χ0v) is 12.9. The predicted molar refractivity (Wildman–Crippen MR) is 84.3 cm³/mol. The van der Waals surface area contributed by atoms with Gasteiger partial charge in [0.1, 0.15) is 0 Å². The lowest BCUT2D eigenvalue weighted by molar-refractivity contribution is 0.710. The first kappa shape index (κ1) is 15.2. The second-order valence-electron chi connectivity index (χ2n) is 5.53. The highest BCUT2D eigenvalue weighted by Crippen LogP contribution is 2.28. The molecule has 1 aromatic heterocycles. The molecule has 1 heteroatoms. The smallest absolute Gasteiger partial charge is 0.00823 e. The minimum Gasteiger partial charge on any atom is -0.149 e. The molecule has 0 aliphatic carbocycles. The highest BCUT2D eigenvalue weighted by Gasteiger charge is 2.09. The Hall–Kier alpha value is -0.820. The van der Waals surface area contributed by atoms with Gasteiger partial charge in [0.25, 0.3) is 0 Å². The standard InChI is InChI=1S/C17H26S/c1-14(2)8-5-10-16(11-6-9-15(3)4)17-12-7-13-18-17/h5-9,12-16H,10-11H2,1-4H3/b8-5+,9-6+. The molecule has 0 amide bonds. The van der Waals surface area contributed by atoms with E-state index in [-0.39, 0.29) is 0 Å². The minimum absolute atomic E-state index is 0.648. The van der Waals surface area contributed by atoms with Gasteiger partial charge in [-0.15, -0.1) is 11.3 Å². The largest absolute Gasteiger partial charge is 0.149 e. The van der Waals surface area contributed by atoms with Crippen molar-refractivity contribution in [3.63, 3.8) is 0 Å². The lowest BCUT2D eigenvalue weighted by atomic mass is 9.97. The van der Waals surface area contributed by atoms with E-state index >= 15 is 0 Å². The van der Waals surface area contributed by atoms with Crippen LogP contribution in [0.25, 0.3) is 0 Å². The first-order chi connectivity index (χ1) is 8.59. The molecule has 0 fully saturated rings. The third kappa shape index (κ3) is 6.20. The summed E-state index contributed by atoms with van der Waals surface area (Å²) in [4.78, 5) is 1.51. The van der Waals surface area contributed by atoms with Crippen LogP contribution in [-0.4, -0.2) is 0 Å². The van der Waals surface area contributed by atoms with Gasteiger partial charge < -0.3 is 0 Å². The molecule has 1 rings (SSSR count). The molecular weight excluding hydrogens is 236 g/mol. The van der Waals surface area contributed by atoms with Crippen LogP contribution in [0.2, 0.25) is 0 Å². The van der Waals surface area contributed by atoms with Crippen molar-refractivity contribution in [3.8, 4) is 0 Å². The molecule has 0 radical (unpaired) electrons. The zero-order valence-electron chi connectivity index (χ0n) is 12.1. The lowest BCUT2D eigenvalue weighted by Crippen LogP contribution is -1.94. The van der Waals surface area contributed by atoms with Gasteiger partial charge in [0.05, 0.1) is 0 Å². The Balaban J connectivity index is 2.59. The van der Waals surface area contributed by atoms with Gasteiger partial charge in [-0.05, 0) is 36.1 Å². The Bertz CT molecular complexity index is 335. The maximum atomic E-state index is 2.35. The summed E-state index contributed by atoms with van der Waals surface area (Å²) in [5, 5.41) is 2.18. The molecular formula is C17H26S. The molecule has 0 bridgehead atoms. The molecule has 0 spiro atoms. The number of rotatable bonds is 7. The van der Waals surface area contributed by atoms with Gasteiger partial charge in [-0.3, -0.25) is 0 Å². The van der Waals surface area contributed by atoms with Gasteiger partial charge in [-0.2, -0.15) is 0 Å². The van der Waals surface area contributed by atoms with E-state index in [4.69, 9.17) is 0 Å². The molecule has 0 atom stereocenters. The molecule has 0 aliphatic heterocycles. The first-order valence-corrected chi connectivity index (χ1v) is 7.84. The summed E-state index contributed by atoms with van der Waals surface area (Å²) in [6, 6.07) is 4.42.